The highest BCUT2D eigenvalue weighted by atomic mass is 127. The number of halogens is 1. The summed E-state index contributed by atoms with van der Waals surface area (Å²) in [5.74, 6) is 4.64. The van der Waals surface area contributed by atoms with Gasteiger partial charge in [-0.15, -0.1) is 0 Å². The van der Waals surface area contributed by atoms with Gasteiger partial charge in [0.15, 0.2) is 0 Å². The quantitative estimate of drug-likeness (QED) is 0.368. The molecule has 6 nitrogen and oxygen atoms in total. The molecule has 0 saturated heterocycles. The Kier molecular flexibility index (Phi) is 4.40. The number of carboxylic acid groups (broad SMARTS) is 1. The Balaban J connectivity index is 2.43. The summed E-state index contributed by atoms with van der Waals surface area (Å²) >= 11 is 2.22. The summed E-state index contributed by atoms with van der Waals surface area (Å²) in [6, 6.07) is 7.41. The van der Waals surface area contributed by atoms with Gasteiger partial charge in [0.05, 0.1) is 5.69 Å². The van der Waals surface area contributed by atoms with E-state index in [0.29, 0.717) is 11.5 Å². The number of hydrazine groups is 1. The summed E-state index contributed by atoms with van der Waals surface area (Å²) in [6.07, 6.45) is 1.27. The maximum Gasteiger partial charge on any atom is 0.339 e. The van der Waals surface area contributed by atoms with Crippen LogP contribution in [0.25, 0.3) is 0 Å². The average Bonchev–Trinajstić information content (AvgIpc) is 2.41. The topological polar surface area (TPSA) is 100 Å². The molecule has 104 valence electrons. The molecular formula is C13H13IN4O2. The van der Waals surface area contributed by atoms with Crippen LogP contribution in [0, 0.1) is 10.5 Å². The molecular weight excluding hydrogens is 371 g/mol. The number of nitrogens with zero attached hydrogens (tertiary/aromatic N) is 1. The van der Waals surface area contributed by atoms with Crippen LogP contribution in [0.1, 0.15) is 15.9 Å². The van der Waals surface area contributed by atoms with E-state index in [-0.39, 0.29) is 5.56 Å². The van der Waals surface area contributed by atoms with Gasteiger partial charge in [-0.1, -0.05) is 0 Å². The van der Waals surface area contributed by atoms with E-state index in [1.54, 1.807) is 6.07 Å². The van der Waals surface area contributed by atoms with E-state index in [1.165, 1.54) is 6.20 Å². The summed E-state index contributed by atoms with van der Waals surface area (Å²) in [5.41, 5.74) is 4.77. The van der Waals surface area contributed by atoms with Gasteiger partial charge in [0, 0.05) is 21.5 Å². The van der Waals surface area contributed by atoms with E-state index >= 15 is 0 Å². The lowest BCUT2D eigenvalue weighted by Crippen LogP contribution is -2.11. The standard InChI is InChI=1S/C13H13IN4O2/c1-7-4-8(14)2-3-10(7)17-11-5-12(18-15)16-6-9(11)13(19)20/h2-6H,15H2,1H3,(H,19,20)(H2,16,17,18). The molecule has 0 spiro atoms. The molecule has 0 aliphatic carbocycles. The van der Waals surface area contributed by atoms with Crippen LogP contribution in [0.2, 0.25) is 0 Å². The van der Waals surface area contributed by atoms with Crippen molar-refractivity contribution in [3.8, 4) is 0 Å². The molecule has 0 aliphatic rings. The van der Waals surface area contributed by atoms with Crippen LogP contribution in [-0.2, 0) is 0 Å². The molecule has 1 aromatic heterocycles. The van der Waals surface area contributed by atoms with E-state index in [4.69, 9.17) is 5.84 Å². The van der Waals surface area contributed by atoms with Crippen molar-refractivity contribution in [3.63, 3.8) is 0 Å². The lowest BCUT2D eigenvalue weighted by Gasteiger charge is -2.13. The van der Waals surface area contributed by atoms with Crippen LogP contribution in [0.5, 0.6) is 0 Å². The van der Waals surface area contributed by atoms with Crippen molar-refractivity contribution in [1.29, 1.82) is 0 Å². The number of hydrogen-bond acceptors (Lipinski definition) is 5. The minimum absolute atomic E-state index is 0.0851. The Morgan fingerprint density at radius 1 is 1.35 bits per heavy atom. The number of nitrogens with one attached hydrogen (secondary N) is 2. The molecule has 0 aliphatic heterocycles. The molecule has 2 rings (SSSR count). The number of aryl methyl sites for hydroxylation is 1. The van der Waals surface area contributed by atoms with Crippen molar-refractivity contribution in [2.24, 2.45) is 5.84 Å². The lowest BCUT2D eigenvalue weighted by atomic mass is 10.1. The van der Waals surface area contributed by atoms with E-state index in [1.807, 2.05) is 25.1 Å². The number of pyridine rings is 1. The molecule has 2 aromatic rings. The highest BCUT2D eigenvalue weighted by molar-refractivity contribution is 14.1. The van der Waals surface area contributed by atoms with E-state index in [0.717, 1.165) is 14.8 Å². The van der Waals surface area contributed by atoms with Gasteiger partial charge in [0.1, 0.15) is 11.4 Å². The first-order chi connectivity index (χ1) is 9.51. The molecule has 1 heterocycles. The van der Waals surface area contributed by atoms with Crippen molar-refractivity contribution in [2.75, 3.05) is 10.7 Å². The maximum atomic E-state index is 11.2. The van der Waals surface area contributed by atoms with Gasteiger partial charge in [-0.2, -0.15) is 0 Å². The van der Waals surface area contributed by atoms with Crippen molar-refractivity contribution in [2.45, 2.75) is 6.92 Å². The van der Waals surface area contributed by atoms with Crippen LogP contribution < -0.4 is 16.6 Å². The number of carbonyl (C=O) groups is 1. The van der Waals surface area contributed by atoms with Crippen LogP contribution >= 0.6 is 22.6 Å². The first kappa shape index (κ1) is 14.5. The molecule has 20 heavy (non-hydrogen) atoms. The second-order valence-corrected chi connectivity index (χ2v) is 5.39. The maximum absolute atomic E-state index is 11.2. The van der Waals surface area contributed by atoms with Gasteiger partial charge in [-0.05, 0) is 53.3 Å². The van der Waals surface area contributed by atoms with Crippen molar-refractivity contribution >= 4 is 45.8 Å². The molecule has 0 fully saturated rings. The van der Waals surface area contributed by atoms with Gasteiger partial charge >= 0.3 is 5.97 Å². The van der Waals surface area contributed by atoms with Crippen LogP contribution in [0.3, 0.4) is 0 Å². The predicted octanol–water partition coefficient (Wildman–Crippen LogP) is 2.72. The van der Waals surface area contributed by atoms with Gasteiger partial charge in [-0.3, -0.25) is 0 Å². The molecule has 0 atom stereocenters. The molecule has 0 saturated carbocycles. The second-order valence-electron chi connectivity index (χ2n) is 4.15. The first-order valence-electron chi connectivity index (χ1n) is 5.74. The third kappa shape index (κ3) is 3.17. The third-order valence-corrected chi connectivity index (χ3v) is 3.41. The molecule has 0 unspecified atom stereocenters. The fraction of sp³-hybridized carbons (Fsp3) is 0.0769. The molecule has 0 amide bonds. The number of rotatable bonds is 4. The fourth-order valence-electron chi connectivity index (χ4n) is 1.72. The zero-order chi connectivity index (χ0) is 14.7. The zero-order valence-electron chi connectivity index (χ0n) is 10.6. The number of anilines is 3. The van der Waals surface area contributed by atoms with Gasteiger partial charge in [0.25, 0.3) is 0 Å². The number of hydrogen-bond donors (Lipinski definition) is 4. The Morgan fingerprint density at radius 2 is 2.10 bits per heavy atom. The zero-order valence-corrected chi connectivity index (χ0v) is 12.8. The number of aromatic nitrogens is 1. The van der Waals surface area contributed by atoms with Crippen molar-refractivity contribution in [3.05, 3.63) is 45.2 Å². The molecule has 7 heteroatoms. The van der Waals surface area contributed by atoms with Crippen LogP contribution in [0.15, 0.2) is 30.5 Å². The largest absolute Gasteiger partial charge is 0.478 e. The average molecular weight is 384 g/mol. The molecule has 0 bridgehead atoms. The summed E-state index contributed by atoms with van der Waals surface area (Å²) < 4.78 is 1.11. The summed E-state index contributed by atoms with van der Waals surface area (Å²) in [6.45, 7) is 1.95. The summed E-state index contributed by atoms with van der Waals surface area (Å²) in [7, 11) is 0. The summed E-state index contributed by atoms with van der Waals surface area (Å²) in [4.78, 5) is 15.1. The molecule has 1 aromatic carbocycles. The Morgan fingerprint density at radius 3 is 2.70 bits per heavy atom. The number of benzene rings is 1. The third-order valence-electron chi connectivity index (χ3n) is 2.74. The van der Waals surface area contributed by atoms with Crippen LogP contribution in [0.4, 0.5) is 17.2 Å². The van der Waals surface area contributed by atoms with Crippen LogP contribution in [-0.4, -0.2) is 16.1 Å². The second kappa shape index (κ2) is 6.06. The Labute approximate surface area is 129 Å². The fourth-order valence-corrected chi connectivity index (χ4v) is 2.37. The van der Waals surface area contributed by atoms with Crippen molar-refractivity contribution < 1.29 is 9.90 Å². The Bertz CT molecular complexity index is 661. The number of nitrogen functional groups attached to an aromatic ring is 1. The van der Waals surface area contributed by atoms with E-state index in [9.17, 15) is 9.90 Å². The van der Waals surface area contributed by atoms with Crippen molar-refractivity contribution in [1.82, 2.24) is 4.98 Å². The van der Waals surface area contributed by atoms with E-state index in [2.05, 4.69) is 38.3 Å². The first-order valence-corrected chi connectivity index (χ1v) is 6.82. The smallest absolute Gasteiger partial charge is 0.339 e. The number of aromatic carboxylic acids is 1. The van der Waals surface area contributed by atoms with Gasteiger partial charge in [0.2, 0.25) is 0 Å². The highest BCUT2D eigenvalue weighted by Gasteiger charge is 2.12. The number of carboxylic acids is 1. The monoisotopic (exact) mass is 384 g/mol. The lowest BCUT2D eigenvalue weighted by molar-refractivity contribution is 0.0697. The molecule has 5 N–H and O–H groups in total. The number of nitrogens with two attached hydrogens (primary N) is 1. The predicted molar refractivity (Wildman–Crippen MR) is 86.2 cm³/mol. The SMILES string of the molecule is Cc1cc(I)ccc1Nc1cc(NN)ncc1C(=O)O. The summed E-state index contributed by atoms with van der Waals surface area (Å²) in [5, 5.41) is 12.3. The minimum atomic E-state index is -1.05. The molecule has 0 radical (unpaired) electrons. The normalized spacial score (nSPS) is 10.2. The van der Waals surface area contributed by atoms with E-state index < -0.39 is 5.97 Å². The highest BCUT2D eigenvalue weighted by Crippen LogP contribution is 2.26. The van der Waals surface area contributed by atoms with Gasteiger partial charge < -0.3 is 15.8 Å². The van der Waals surface area contributed by atoms with Gasteiger partial charge in [-0.25, -0.2) is 15.6 Å². The minimum Gasteiger partial charge on any atom is -0.478 e. The Hall–Kier alpha value is -1.87.